The van der Waals surface area contributed by atoms with Gasteiger partial charge in [0.05, 0.1) is 23.3 Å². The van der Waals surface area contributed by atoms with E-state index >= 15 is 0 Å². The maximum atomic E-state index is 13.1. The van der Waals surface area contributed by atoms with Gasteiger partial charge >= 0.3 is 0 Å². The zero-order valence-corrected chi connectivity index (χ0v) is 15.8. The zero-order chi connectivity index (χ0) is 20.6. The van der Waals surface area contributed by atoms with Gasteiger partial charge in [-0.25, -0.2) is 0 Å². The fourth-order valence-electron chi connectivity index (χ4n) is 2.76. The van der Waals surface area contributed by atoms with Crippen LogP contribution in [0.5, 0.6) is 11.5 Å². The minimum atomic E-state index is -1.01. The Morgan fingerprint density at radius 3 is 2.48 bits per heavy atom. The first-order valence-corrected chi connectivity index (χ1v) is 9.07. The van der Waals surface area contributed by atoms with Gasteiger partial charge in [0.15, 0.2) is 0 Å². The van der Waals surface area contributed by atoms with E-state index in [1.807, 2.05) is 19.1 Å². The van der Waals surface area contributed by atoms with Gasteiger partial charge in [-0.2, -0.15) is 0 Å². The van der Waals surface area contributed by atoms with Crippen molar-refractivity contribution in [2.75, 3.05) is 11.9 Å². The zero-order valence-electron chi connectivity index (χ0n) is 15.8. The number of carbonyl (C=O) groups excluding carboxylic acids is 1. The molecule has 0 aromatic heterocycles. The summed E-state index contributed by atoms with van der Waals surface area (Å²) in [5.74, 6) is 0.349. The Labute approximate surface area is 168 Å². The van der Waals surface area contributed by atoms with Gasteiger partial charge in [0.1, 0.15) is 11.5 Å². The van der Waals surface area contributed by atoms with E-state index in [9.17, 15) is 14.9 Å². The number of hydrogen-bond donors (Lipinski definition) is 1. The molecule has 1 atom stereocenters. The van der Waals surface area contributed by atoms with Crippen LogP contribution in [0.4, 0.5) is 11.4 Å². The molecule has 1 unspecified atom stereocenters. The van der Waals surface area contributed by atoms with Crippen molar-refractivity contribution in [2.45, 2.75) is 13.0 Å². The third kappa shape index (κ3) is 5.10. The molecule has 0 aliphatic heterocycles. The van der Waals surface area contributed by atoms with Gasteiger partial charge in [-0.15, -0.1) is 0 Å². The number of benzene rings is 3. The van der Waals surface area contributed by atoms with Crippen molar-refractivity contribution >= 4 is 17.3 Å². The van der Waals surface area contributed by atoms with Crippen molar-refractivity contribution in [2.24, 2.45) is 0 Å². The molecule has 3 rings (SSSR count). The van der Waals surface area contributed by atoms with E-state index in [1.165, 1.54) is 18.2 Å². The predicted octanol–water partition coefficient (Wildman–Crippen LogP) is 4.75. The molecule has 0 saturated heterocycles. The van der Waals surface area contributed by atoms with Gasteiger partial charge in [-0.1, -0.05) is 48.5 Å². The molecule has 0 aliphatic carbocycles. The number of hydrogen-bond acceptors (Lipinski definition) is 5. The summed E-state index contributed by atoms with van der Waals surface area (Å²) in [7, 11) is 0. The summed E-state index contributed by atoms with van der Waals surface area (Å²) in [5, 5.41) is 13.9. The Balaban J connectivity index is 1.89. The topological polar surface area (TPSA) is 90.7 Å². The van der Waals surface area contributed by atoms with Crippen LogP contribution in [0.25, 0.3) is 0 Å². The van der Waals surface area contributed by atoms with Crippen molar-refractivity contribution in [1.82, 2.24) is 0 Å². The van der Waals surface area contributed by atoms with Crippen LogP contribution in [-0.2, 0) is 4.79 Å². The number of amides is 1. The van der Waals surface area contributed by atoms with Gasteiger partial charge in [0, 0.05) is 11.6 Å². The number of anilines is 1. The van der Waals surface area contributed by atoms with E-state index in [4.69, 9.17) is 9.47 Å². The molecular formula is C22H20N2O5. The van der Waals surface area contributed by atoms with E-state index in [0.29, 0.717) is 23.6 Å². The first-order chi connectivity index (χ1) is 14.1. The highest BCUT2D eigenvalue weighted by molar-refractivity contribution is 5.96. The average molecular weight is 392 g/mol. The maximum Gasteiger partial charge on any atom is 0.273 e. The van der Waals surface area contributed by atoms with Crippen molar-refractivity contribution < 1.29 is 19.2 Å². The van der Waals surface area contributed by atoms with E-state index in [-0.39, 0.29) is 11.4 Å². The summed E-state index contributed by atoms with van der Waals surface area (Å²) in [6.45, 7) is 2.32. The minimum Gasteiger partial charge on any atom is -0.492 e. The SMILES string of the molecule is CCOc1ccccc1NC(=O)C(Oc1cccc([N+](=O)[O-])c1)c1ccccc1. The first kappa shape index (κ1) is 19.9. The van der Waals surface area contributed by atoms with Crippen LogP contribution in [0.15, 0.2) is 78.9 Å². The fraction of sp³-hybridized carbons (Fsp3) is 0.136. The molecule has 0 spiro atoms. The lowest BCUT2D eigenvalue weighted by atomic mass is 10.1. The molecule has 148 valence electrons. The number of nitrogens with zero attached hydrogens (tertiary/aromatic N) is 1. The second kappa shape index (κ2) is 9.36. The second-order valence-electron chi connectivity index (χ2n) is 6.08. The van der Waals surface area contributed by atoms with E-state index in [2.05, 4.69) is 5.32 Å². The van der Waals surface area contributed by atoms with Gasteiger partial charge in [0.2, 0.25) is 6.10 Å². The molecular weight excluding hydrogens is 372 g/mol. The largest absolute Gasteiger partial charge is 0.492 e. The minimum absolute atomic E-state index is 0.114. The number of carbonyl (C=O) groups is 1. The van der Waals surface area contributed by atoms with Crippen LogP contribution in [0.2, 0.25) is 0 Å². The number of nitro groups is 1. The number of ether oxygens (including phenoxy) is 2. The number of rotatable bonds is 8. The molecule has 0 aliphatic rings. The van der Waals surface area contributed by atoms with Crippen LogP contribution in [0.3, 0.4) is 0 Å². The number of para-hydroxylation sites is 2. The quantitative estimate of drug-likeness (QED) is 0.441. The van der Waals surface area contributed by atoms with Gasteiger partial charge in [0.25, 0.3) is 11.6 Å². The molecule has 0 bridgehead atoms. The van der Waals surface area contributed by atoms with Gasteiger partial charge in [-0.05, 0) is 25.1 Å². The number of nitro benzene ring substituents is 1. The summed E-state index contributed by atoms with van der Waals surface area (Å²) >= 11 is 0. The Morgan fingerprint density at radius 1 is 1.03 bits per heavy atom. The van der Waals surface area contributed by atoms with Crippen molar-refractivity contribution in [3.8, 4) is 11.5 Å². The lowest BCUT2D eigenvalue weighted by Gasteiger charge is -2.20. The summed E-state index contributed by atoms with van der Waals surface area (Å²) in [4.78, 5) is 23.6. The molecule has 3 aromatic carbocycles. The van der Waals surface area contributed by atoms with Crippen LogP contribution in [0.1, 0.15) is 18.6 Å². The van der Waals surface area contributed by atoms with Crippen LogP contribution < -0.4 is 14.8 Å². The molecule has 1 N–H and O–H groups in total. The van der Waals surface area contributed by atoms with Crippen LogP contribution in [-0.4, -0.2) is 17.4 Å². The smallest absolute Gasteiger partial charge is 0.273 e. The van der Waals surface area contributed by atoms with Crippen molar-refractivity contribution in [1.29, 1.82) is 0 Å². The Hall–Kier alpha value is -3.87. The lowest BCUT2D eigenvalue weighted by molar-refractivity contribution is -0.384. The van der Waals surface area contributed by atoms with Gasteiger partial charge < -0.3 is 14.8 Å². The molecule has 1 amide bonds. The second-order valence-corrected chi connectivity index (χ2v) is 6.08. The molecule has 3 aromatic rings. The number of non-ortho nitro benzene ring substituents is 1. The normalized spacial score (nSPS) is 11.3. The fourth-order valence-corrected chi connectivity index (χ4v) is 2.76. The van der Waals surface area contributed by atoms with Crippen molar-refractivity contribution in [3.63, 3.8) is 0 Å². The number of nitrogens with one attached hydrogen (secondary N) is 1. The first-order valence-electron chi connectivity index (χ1n) is 9.07. The highest BCUT2D eigenvalue weighted by Gasteiger charge is 2.24. The average Bonchev–Trinajstić information content (AvgIpc) is 2.74. The molecule has 7 heteroatoms. The molecule has 0 radical (unpaired) electrons. The van der Waals surface area contributed by atoms with Gasteiger partial charge in [-0.3, -0.25) is 14.9 Å². The molecule has 29 heavy (non-hydrogen) atoms. The van der Waals surface area contributed by atoms with E-state index < -0.39 is 16.9 Å². The van der Waals surface area contributed by atoms with Crippen LogP contribution >= 0.6 is 0 Å². The third-order valence-electron chi connectivity index (χ3n) is 4.07. The van der Waals surface area contributed by atoms with E-state index in [1.54, 1.807) is 48.5 Å². The monoisotopic (exact) mass is 392 g/mol. The Bertz CT molecular complexity index is 991. The third-order valence-corrected chi connectivity index (χ3v) is 4.07. The summed E-state index contributed by atoms with van der Waals surface area (Å²) in [6.07, 6.45) is -1.01. The summed E-state index contributed by atoms with van der Waals surface area (Å²) in [5.41, 5.74) is 1.02. The predicted molar refractivity (Wildman–Crippen MR) is 109 cm³/mol. The Morgan fingerprint density at radius 2 is 1.76 bits per heavy atom. The standard InChI is InChI=1S/C22H20N2O5/c1-2-28-20-14-7-6-13-19(20)23-22(25)21(16-9-4-3-5-10-16)29-18-12-8-11-17(15-18)24(26)27/h3-15,21H,2H2,1H3,(H,23,25). The molecule has 7 nitrogen and oxygen atoms in total. The Kier molecular flexibility index (Phi) is 6.42. The highest BCUT2D eigenvalue weighted by atomic mass is 16.6. The van der Waals surface area contributed by atoms with Crippen molar-refractivity contribution in [3.05, 3.63) is 94.5 Å². The van der Waals surface area contributed by atoms with Crippen LogP contribution in [0, 0.1) is 10.1 Å². The summed E-state index contributed by atoms with van der Waals surface area (Å²) < 4.78 is 11.4. The lowest BCUT2D eigenvalue weighted by Crippen LogP contribution is -2.26. The maximum absolute atomic E-state index is 13.1. The molecule has 0 saturated carbocycles. The molecule has 0 fully saturated rings. The summed E-state index contributed by atoms with van der Waals surface area (Å²) in [6, 6.07) is 21.8. The highest BCUT2D eigenvalue weighted by Crippen LogP contribution is 2.29. The van der Waals surface area contributed by atoms with E-state index in [0.717, 1.165) is 0 Å². The molecule has 0 heterocycles.